The molecule has 2 aromatic carbocycles. The van der Waals surface area contributed by atoms with Gasteiger partial charge >= 0.3 is 0 Å². The molecule has 2 atom stereocenters. The number of carbonyl (C=O) groups excluding carboxylic acids is 2. The first-order valence-corrected chi connectivity index (χ1v) is 15.6. The second-order valence-electron chi connectivity index (χ2n) is 10.5. The minimum atomic E-state index is 0.126. The lowest BCUT2D eigenvalue weighted by Crippen LogP contribution is -2.39. The van der Waals surface area contributed by atoms with Crippen molar-refractivity contribution in [2.24, 2.45) is 0 Å². The smallest absolute Gasteiger partial charge is 0.224 e. The van der Waals surface area contributed by atoms with Crippen LogP contribution in [0.3, 0.4) is 0 Å². The molecule has 0 heterocycles. The Morgan fingerprint density at radius 3 is 1.32 bits per heavy atom. The quantitative estimate of drug-likeness (QED) is 0.233. The molecule has 4 nitrogen and oxygen atoms in total. The Bertz CT molecular complexity index is 1090. The highest BCUT2D eigenvalue weighted by Gasteiger charge is 2.26. The summed E-state index contributed by atoms with van der Waals surface area (Å²) in [4.78, 5) is 28.2. The van der Waals surface area contributed by atoms with Gasteiger partial charge in [0.1, 0.15) is 0 Å². The molecule has 0 fully saturated rings. The molecular weight excluding hydrogens is 698 g/mol. The van der Waals surface area contributed by atoms with E-state index in [1.807, 2.05) is 9.80 Å². The fraction of sp³-hybridized carbons (Fsp3) is 0.438. The topological polar surface area (TPSA) is 40.6 Å². The first-order chi connectivity index (χ1) is 18.0. The maximum Gasteiger partial charge on any atom is 0.224 e. The van der Waals surface area contributed by atoms with Gasteiger partial charge in [-0.05, 0) is 146 Å². The van der Waals surface area contributed by atoms with Crippen LogP contribution >= 0.6 is 45.2 Å². The van der Waals surface area contributed by atoms with E-state index in [0.29, 0.717) is 0 Å². The number of nitrogens with zero attached hydrogens (tertiary/aromatic N) is 2. The fourth-order valence-electron chi connectivity index (χ4n) is 5.56. The van der Waals surface area contributed by atoms with Gasteiger partial charge in [0.25, 0.3) is 0 Å². The summed E-state index contributed by atoms with van der Waals surface area (Å²) < 4.78 is 2.31. The Morgan fingerprint density at radius 1 is 0.684 bits per heavy atom. The summed E-state index contributed by atoms with van der Waals surface area (Å²) in [6, 6.07) is 9.01. The van der Waals surface area contributed by atoms with Crippen molar-refractivity contribution in [2.45, 2.75) is 92.2 Å². The number of allylic oxidation sites excluding steroid dienone is 2. The number of rotatable bonds is 4. The van der Waals surface area contributed by atoms with Gasteiger partial charge in [0.2, 0.25) is 11.8 Å². The molecule has 0 N–H and O–H groups in total. The van der Waals surface area contributed by atoms with E-state index in [4.69, 9.17) is 0 Å². The highest BCUT2D eigenvalue weighted by Crippen LogP contribution is 2.33. The third-order valence-corrected chi connectivity index (χ3v) is 8.72. The van der Waals surface area contributed by atoms with Crippen molar-refractivity contribution in [1.29, 1.82) is 0 Å². The van der Waals surface area contributed by atoms with E-state index >= 15 is 0 Å². The summed E-state index contributed by atoms with van der Waals surface area (Å²) in [6.07, 6.45) is 15.4. The predicted octanol–water partition coefficient (Wildman–Crippen LogP) is 8.74. The van der Waals surface area contributed by atoms with Crippen molar-refractivity contribution in [2.75, 3.05) is 9.80 Å². The summed E-state index contributed by atoms with van der Waals surface area (Å²) in [5.74, 6) is 0.253. The lowest BCUT2D eigenvalue weighted by atomic mass is 9.99. The van der Waals surface area contributed by atoms with Gasteiger partial charge in [-0.3, -0.25) is 9.59 Å². The normalized spacial score (nSPS) is 18.4. The van der Waals surface area contributed by atoms with Gasteiger partial charge in [-0.1, -0.05) is 36.4 Å². The number of halogens is 2. The van der Waals surface area contributed by atoms with Gasteiger partial charge in [-0.25, -0.2) is 0 Å². The average Bonchev–Trinajstić information content (AvgIpc) is 2.84. The molecule has 0 aromatic heterocycles. The first-order valence-electron chi connectivity index (χ1n) is 13.5. The van der Waals surface area contributed by atoms with E-state index < -0.39 is 0 Å². The molecule has 0 saturated carbocycles. The van der Waals surface area contributed by atoms with Crippen LogP contribution in [0, 0.1) is 34.8 Å². The number of aryl methyl sites for hydroxylation is 4. The number of hydrogen-bond donors (Lipinski definition) is 0. The van der Waals surface area contributed by atoms with Crippen LogP contribution in [0.5, 0.6) is 0 Å². The molecule has 2 amide bonds. The number of amides is 2. The number of hydrogen-bond acceptors (Lipinski definition) is 2. The minimum absolute atomic E-state index is 0.126. The van der Waals surface area contributed by atoms with E-state index in [-0.39, 0.29) is 23.9 Å². The molecule has 0 unspecified atom stereocenters. The Hall–Kier alpha value is -1.68. The van der Waals surface area contributed by atoms with Crippen molar-refractivity contribution in [3.63, 3.8) is 0 Å². The van der Waals surface area contributed by atoms with Crippen LogP contribution in [-0.2, 0) is 9.59 Å². The van der Waals surface area contributed by atoms with Crippen molar-refractivity contribution in [3.05, 3.63) is 78.0 Å². The Labute approximate surface area is 256 Å². The zero-order valence-electron chi connectivity index (χ0n) is 23.5. The Balaban J connectivity index is 0.000000211. The molecule has 2 aliphatic rings. The second kappa shape index (κ2) is 14.1. The van der Waals surface area contributed by atoms with Crippen molar-refractivity contribution < 1.29 is 9.59 Å². The van der Waals surface area contributed by atoms with Crippen LogP contribution in [0.25, 0.3) is 0 Å². The van der Waals surface area contributed by atoms with E-state index in [9.17, 15) is 9.59 Å². The van der Waals surface area contributed by atoms with E-state index in [0.717, 1.165) is 57.0 Å². The summed E-state index contributed by atoms with van der Waals surface area (Å²) >= 11 is 4.68. The molecule has 0 spiro atoms. The third-order valence-electron chi connectivity index (χ3n) is 7.08. The second-order valence-corrected chi connectivity index (χ2v) is 12.8. The summed E-state index contributed by atoms with van der Waals surface area (Å²) in [5.41, 5.74) is 7.00. The number of benzene rings is 2. The Kier molecular flexibility index (Phi) is 11.4. The molecule has 2 aliphatic carbocycles. The molecule has 4 rings (SSSR count). The van der Waals surface area contributed by atoms with Crippen molar-refractivity contribution >= 4 is 68.4 Å². The summed E-state index contributed by atoms with van der Waals surface area (Å²) in [6.45, 7) is 11.7. The zero-order chi connectivity index (χ0) is 28.0. The molecule has 0 saturated heterocycles. The lowest BCUT2D eigenvalue weighted by molar-refractivity contribution is -0.117. The SMILES string of the molecule is CC(=O)N(c1c(C)cc(C)cc1I)[C@H]1C=CCCC1.CC(=O)N(c1c(C)cc(C)cc1I)[C@H]1C=CCCC1. The minimum Gasteiger partial charge on any atom is -0.304 e. The molecule has 0 aliphatic heterocycles. The Morgan fingerprint density at radius 2 is 1.05 bits per heavy atom. The van der Waals surface area contributed by atoms with Gasteiger partial charge in [0.05, 0.1) is 23.5 Å². The van der Waals surface area contributed by atoms with Gasteiger partial charge in [-0.2, -0.15) is 0 Å². The molecular formula is C32H40I2N2O2. The molecule has 0 radical (unpaired) electrons. The molecule has 6 heteroatoms. The first kappa shape index (κ1) is 30.9. The van der Waals surface area contributed by atoms with Crippen LogP contribution in [-0.4, -0.2) is 23.9 Å². The third kappa shape index (κ3) is 7.71. The standard InChI is InChI=1S/2C16H20INO/c2*1-11-9-12(2)16(15(17)10-11)18(13(3)19)14-7-5-4-6-8-14/h2*5,7,9-10,14H,4,6,8H2,1-3H3/t2*14-/m00/s1. The van der Waals surface area contributed by atoms with Crippen LogP contribution in [0.2, 0.25) is 0 Å². The number of carbonyl (C=O) groups is 2. The molecule has 204 valence electrons. The van der Waals surface area contributed by atoms with Crippen molar-refractivity contribution in [1.82, 2.24) is 0 Å². The van der Waals surface area contributed by atoms with Gasteiger partial charge in [-0.15, -0.1) is 0 Å². The van der Waals surface area contributed by atoms with E-state index in [1.54, 1.807) is 13.8 Å². The van der Waals surface area contributed by atoms with Crippen molar-refractivity contribution in [3.8, 4) is 0 Å². The molecule has 38 heavy (non-hydrogen) atoms. The highest BCUT2D eigenvalue weighted by atomic mass is 127. The lowest BCUT2D eigenvalue weighted by Gasteiger charge is -2.32. The van der Waals surface area contributed by atoms with Gasteiger partial charge in [0, 0.05) is 21.0 Å². The van der Waals surface area contributed by atoms with Gasteiger partial charge in [0.15, 0.2) is 0 Å². The molecule has 2 aromatic rings. The predicted molar refractivity (Wildman–Crippen MR) is 177 cm³/mol. The summed E-state index contributed by atoms with van der Waals surface area (Å²) in [5, 5.41) is 0. The van der Waals surface area contributed by atoms with E-state index in [2.05, 4.69) is 121 Å². The monoisotopic (exact) mass is 738 g/mol. The van der Waals surface area contributed by atoms with Crippen LogP contribution in [0.4, 0.5) is 11.4 Å². The average molecular weight is 738 g/mol. The molecule has 0 bridgehead atoms. The summed E-state index contributed by atoms with van der Waals surface area (Å²) in [7, 11) is 0. The maximum absolute atomic E-state index is 12.1. The van der Waals surface area contributed by atoms with Crippen LogP contribution in [0.15, 0.2) is 48.6 Å². The zero-order valence-corrected chi connectivity index (χ0v) is 27.8. The fourth-order valence-corrected chi connectivity index (χ4v) is 7.91. The number of anilines is 2. The highest BCUT2D eigenvalue weighted by molar-refractivity contribution is 14.1. The van der Waals surface area contributed by atoms with Gasteiger partial charge < -0.3 is 9.80 Å². The van der Waals surface area contributed by atoms with E-state index in [1.165, 1.54) is 22.3 Å². The largest absolute Gasteiger partial charge is 0.304 e. The van der Waals surface area contributed by atoms with Crippen LogP contribution in [0.1, 0.15) is 74.6 Å². The van der Waals surface area contributed by atoms with Crippen LogP contribution < -0.4 is 9.80 Å². The maximum atomic E-state index is 12.1.